The summed E-state index contributed by atoms with van der Waals surface area (Å²) < 4.78 is 5.43. The molecular weight excluding hydrogens is 330 g/mol. The molecule has 1 saturated carbocycles. The van der Waals surface area contributed by atoms with E-state index in [0.717, 1.165) is 31.2 Å². The predicted molar refractivity (Wildman–Crippen MR) is 97.6 cm³/mol. The Hall–Kier alpha value is -2.24. The second-order valence-corrected chi connectivity index (χ2v) is 7.57. The Morgan fingerprint density at radius 2 is 1.81 bits per heavy atom. The number of nitrogens with one attached hydrogen (secondary N) is 1. The molecule has 3 aliphatic rings. The lowest BCUT2D eigenvalue weighted by molar-refractivity contribution is 0.0681. The summed E-state index contributed by atoms with van der Waals surface area (Å²) in [6.45, 7) is 1.61. The molecular formula is C20H27N3O3. The van der Waals surface area contributed by atoms with E-state index in [1.54, 1.807) is 4.90 Å². The van der Waals surface area contributed by atoms with E-state index >= 15 is 0 Å². The zero-order valence-electron chi connectivity index (χ0n) is 15.1. The summed E-state index contributed by atoms with van der Waals surface area (Å²) in [5.74, 6) is 0. The summed E-state index contributed by atoms with van der Waals surface area (Å²) in [5.41, 5.74) is 0.993. The van der Waals surface area contributed by atoms with Crippen LogP contribution in [0.25, 0.3) is 0 Å². The van der Waals surface area contributed by atoms with Crippen LogP contribution in [0.3, 0.4) is 0 Å². The normalized spacial score (nSPS) is 26.4. The predicted octanol–water partition coefficient (Wildman–Crippen LogP) is 3.12. The molecule has 6 heteroatoms. The Balaban J connectivity index is 1.28. The van der Waals surface area contributed by atoms with Gasteiger partial charge in [-0.05, 0) is 31.2 Å². The molecule has 0 unspecified atom stereocenters. The van der Waals surface area contributed by atoms with Crippen LogP contribution in [0.4, 0.5) is 9.59 Å². The van der Waals surface area contributed by atoms with Crippen molar-refractivity contribution < 1.29 is 14.3 Å². The molecule has 2 saturated heterocycles. The molecule has 1 aromatic rings. The summed E-state index contributed by atoms with van der Waals surface area (Å²) in [7, 11) is 0. The minimum absolute atomic E-state index is 0.0898. The zero-order chi connectivity index (χ0) is 17.9. The quantitative estimate of drug-likeness (QED) is 0.904. The van der Waals surface area contributed by atoms with Crippen LogP contribution in [0, 0.1) is 0 Å². The van der Waals surface area contributed by atoms with Crippen molar-refractivity contribution in [3.63, 3.8) is 0 Å². The van der Waals surface area contributed by atoms with Gasteiger partial charge in [0, 0.05) is 19.1 Å². The van der Waals surface area contributed by atoms with Gasteiger partial charge in [0.15, 0.2) is 0 Å². The molecule has 2 aliphatic heterocycles. The number of hydrogen-bond donors (Lipinski definition) is 1. The largest absolute Gasteiger partial charge is 0.445 e. The van der Waals surface area contributed by atoms with E-state index in [1.165, 1.54) is 12.8 Å². The smallest absolute Gasteiger partial charge is 0.410 e. The Morgan fingerprint density at radius 1 is 1.08 bits per heavy atom. The number of fused-ring (bicyclic) bond motifs is 1. The minimum Gasteiger partial charge on any atom is -0.445 e. The molecule has 0 aromatic heterocycles. The molecule has 3 fully saturated rings. The maximum Gasteiger partial charge on any atom is 0.410 e. The summed E-state index contributed by atoms with van der Waals surface area (Å²) in [6, 6.07) is 10.7. The van der Waals surface area contributed by atoms with Gasteiger partial charge in [0.05, 0.1) is 12.1 Å². The van der Waals surface area contributed by atoms with Crippen LogP contribution >= 0.6 is 0 Å². The first-order valence-corrected chi connectivity index (χ1v) is 9.77. The highest BCUT2D eigenvalue weighted by molar-refractivity contribution is 5.78. The molecule has 1 N–H and O–H groups in total. The van der Waals surface area contributed by atoms with Gasteiger partial charge < -0.3 is 19.9 Å². The fraction of sp³-hybridized carbons (Fsp3) is 0.600. The van der Waals surface area contributed by atoms with Crippen LogP contribution in [-0.2, 0) is 11.3 Å². The first kappa shape index (κ1) is 17.2. The van der Waals surface area contributed by atoms with Crippen molar-refractivity contribution in [1.29, 1.82) is 0 Å². The van der Waals surface area contributed by atoms with Crippen molar-refractivity contribution in [2.75, 3.05) is 13.1 Å². The van der Waals surface area contributed by atoms with E-state index in [2.05, 4.69) is 10.2 Å². The van der Waals surface area contributed by atoms with E-state index < -0.39 is 0 Å². The first-order valence-electron chi connectivity index (χ1n) is 9.77. The number of benzene rings is 1. The Labute approximate surface area is 154 Å². The summed E-state index contributed by atoms with van der Waals surface area (Å²) in [5, 5.41) is 3.16. The second kappa shape index (κ2) is 7.56. The van der Waals surface area contributed by atoms with Crippen molar-refractivity contribution >= 4 is 12.1 Å². The Kier molecular flexibility index (Phi) is 5.00. The molecule has 4 rings (SSSR count). The second-order valence-electron chi connectivity index (χ2n) is 7.57. The van der Waals surface area contributed by atoms with Crippen LogP contribution < -0.4 is 5.32 Å². The lowest BCUT2D eigenvalue weighted by atomic mass is 9.89. The van der Waals surface area contributed by atoms with Gasteiger partial charge in [-0.3, -0.25) is 0 Å². The van der Waals surface area contributed by atoms with Gasteiger partial charge in [-0.15, -0.1) is 0 Å². The van der Waals surface area contributed by atoms with Crippen LogP contribution in [-0.4, -0.2) is 53.1 Å². The van der Waals surface area contributed by atoms with Crippen LogP contribution in [0.5, 0.6) is 0 Å². The standard InChI is InChI=1S/C20H27N3O3/c24-19-21-17-8-4-5-9-18(17)23(19)16-10-12-22(13-11-16)20(25)26-14-15-6-2-1-3-7-15/h1-3,6-7,16-18H,4-5,8-14H2,(H,21,24)/t17-,18-/m1/s1. The molecule has 0 radical (unpaired) electrons. The highest BCUT2D eigenvalue weighted by Crippen LogP contribution is 2.32. The highest BCUT2D eigenvalue weighted by atomic mass is 16.6. The highest BCUT2D eigenvalue weighted by Gasteiger charge is 2.44. The maximum atomic E-state index is 12.4. The van der Waals surface area contributed by atoms with E-state index in [-0.39, 0.29) is 18.2 Å². The number of urea groups is 1. The van der Waals surface area contributed by atoms with Crippen LogP contribution in [0.1, 0.15) is 44.1 Å². The molecule has 0 bridgehead atoms. The van der Waals surface area contributed by atoms with E-state index in [4.69, 9.17) is 4.74 Å². The molecule has 26 heavy (non-hydrogen) atoms. The molecule has 1 aliphatic carbocycles. The number of carbonyl (C=O) groups is 2. The van der Waals surface area contributed by atoms with Crippen molar-refractivity contribution in [3.05, 3.63) is 35.9 Å². The third-order valence-electron chi connectivity index (χ3n) is 5.95. The molecule has 2 atom stereocenters. The number of ether oxygens (including phenoxy) is 1. The van der Waals surface area contributed by atoms with Gasteiger partial charge in [-0.2, -0.15) is 0 Å². The number of nitrogens with zero attached hydrogens (tertiary/aromatic N) is 2. The van der Waals surface area contributed by atoms with Gasteiger partial charge in [0.25, 0.3) is 0 Å². The monoisotopic (exact) mass is 357 g/mol. The van der Waals surface area contributed by atoms with Crippen molar-refractivity contribution in [1.82, 2.24) is 15.1 Å². The fourth-order valence-corrected chi connectivity index (χ4v) is 4.57. The van der Waals surface area contributed by atoms with Crippen molar-refractivity contribution in [3.8, 4) is 0 Å². The van der Waals surface area contributed by atoms with Gasteiger partial charge in [0.2, 0.25) is 0 Å². The Bertz CT molecular complexity index is 643. The van der Waals surface area contributed by atoms with Gasteiger partial charge in [0.1, 0.15) is 6.61 Å². The number of amides is 3. The molecule has 140 valence electrons. The molecule has 0 spiro atoms. The first-order chi connectivity index (χ1) is 12.7. The number of carbonyl (C=O) groups excluding carboxylic acids is 2. The number of piperidine rings is 1. The topological polar surface area (TPSA) is 61.9 Å². The molecule has 1 aromatic carbocycles. The SMILES string of the molecule is O=C(OCc1ccccc1)N1CCC(N2C(=O)N[C@@H]3CCCC[C@H]32)CC1. The molecule has 3 amide bonds. The molecule has 6 nitrogen and oxygen atoms in total. The summed E-state index contributed by atoms with van der Waals surface area (Å²) >= 11 is 0. The molecule has 2 heterocycles. The van der Waals surface area contributed by atoms with Crippen LogP contribution in [0.2, 0.25) is 0 Å². The summed E-state index contributed by atoms with van der Waals surface area (Å²) in [6.07, 6.45) is 6.01. The third kappa shape index (κ3) is 3.50. The van der Waals surface area contributed by atoms with Crippen molar-refractivity contribution in [2.45, 2.75) is 63.3 Å². The lowest BCUT2D eigenvalue weighted by Gasteiger charge is -2.40. The number of hydrogen-bond acceptors (Lipinski definition) is 3. The Morgan fingerprint density at radius 3 is 2.58 bits per heavy atom. The van der Waals surface area contributed by atoms with E-state index in [0.29, 0.717) is 31.8 Å². The van der Waals surface area contributed by atoms with Crippen LogP contribution in [0.15, 0.2) is 30.3 Å². The lowest BCUT2D eigenvalue weighted by Crippen LogP contribution is -2.51. The number of likely N-dealkylation sites (tertiary alicyclic amines) is 1. The third-order valence-corrected chi connectivity index (χ3v) is 5.95. The average Bonchev–Trinajstić information content (AvgIpc) is 3.03. The van der Waals surface area contributed by atoms with E-state index in [1.807, 2.05) is 30.3 Å². The number of rotatable bonds is 3. The van der Waals surface area contributed by atoms with Crippen molar-refractivity contribution in [2.24, 2.45) is 0 Å². The summed E-state index contributed by atoms with van der Waals surface area (Å²) in [4.78, 5) is 28.6. The van der Waals surface area contributed by atoms with E-state index in [9.17, 15) is 9.59 Å². The minimum atomic E-state index is -0.256. The van der Waals surface area contributed by atoms with Gasteiger partial charge in [-0.1, -0.05) is 43.2 Å². The average molecular weight is 357 g/mol. The zero-order valence-corrected chi connectivity index (χ0v) is 15.1. The fourth-order valence-electron chi connectivity index (χ4n) is 4.57. The maximum absolute atomic E-state index is 12.4. The van der Waals surface area contributed by atoms with Gasteiger partial charge >= 0.3 is 12.1 Å². The van der Waals surface area contributed by atoms with Gasteiger partial charge in [-0.25, -0.2) is 9.59 Å².